The van der Waals surface area contributed by atoms with Gasteiger partial charge in [0.05, 0.1) is 0 Å². The van der Waals surface area contributed by atoms with Crippen LogP contribution in [0, 0.1) is 0 Å². The molecule has 92 valence electrons. The van der Waals surface area contributed by atoms with Crippen LogP contribution in [0.1, 0.15) is 51.9 Å². The Morgan fingerprint density at radius 2 is 1.47 bits per heavy atom. The van der Waals surface area contributed by atoms with E-state index in [0.29, 0.717) is 13.0 Å². The molecule has 1 nitrogen and oxygen atoms in total. The molecule has 0 saturated heterocycles. The van der Waals surface area contributed by atoms with E-state index in [9.17, 15) is 13.2 Å². The number of rotatable bonds is 9. The van der Waals surface area contributed by atoms with E-state index in [-0.39, 0.29) is 6.42 Å². The Morgan fingerprint density at radius 1 is 0.867 bits per heavy atom. The largest absolute Gasteiger partial charge is 0.389 e. The SMILES string of the molecule is CCCCCCNCCCCC(F)(F)F. The molecule has 0 aromatic carbocycles. The summed E-state index contributed by atoms with van der Waals surface area (Å²) in [6.45, 7) is 3.80. The first kappa shape index (κ1) is 14.8. The second kappa shape index (κ2) is 9.01. The molecule has 15 heavy (non-hydrogen) atoms. The van der Waals surface area contributed by atoms with Crippen molar-refractivity contribution in [3.63, 3.8) is 0 Å². The van der Waals surface area contributed by atoms with Crippen molar-refractivity contribution >= 4 is 0 Å². The smallest absolute Gasteiger partial charge is 0.317 e. The summed E-state index contributed by atoms with van der Waals surface area (Å²) in [6.07, 6.45) is 1.03. The summed E-state index contributed by atoms with van der Waals surface area (Å²) >= 11 is 0. The lowest BCUT2D eigenvalue weighted by Gasteiger charge is -2.06. The van der Waals surface area contributed by atoms with Gasteiger partial charge in [0, 0.05) is 6.42 Å². The number of unbranched alkanes of at least 4 members (excludes halogenated alkanes) is 4. The maximum Gasteiger partial charge on any atom is 0.389 e. The molecule has 0 unspecified atom stereocenters. The average Bonchev–Trinajstić information content (AvgIpc) is 2.14. The summed E-state index contributed by atoms with van der Waals surface area (Å²) in [5.74, 6) is 0. The Balaban J connectivity index is 2.99. The normalized spacial score (nSPS) is 12.0. The predicted molar refractivity (Wildman–Crippen MR) is 56.9 cm³/mol. The molecule has 0 saturated carbocycles. The maximum atomic E-state index is 11.7. The van der Waals surface area contributed by atoms with Crippen LogP contribution < -0.4 is 5.32 Å². The fraction of sp³-hybridized carbons (Fsp3) is 1.00. The fourth-order valence-corrected chi connectivity index (χ4v) is 1.38. The highest BCUT2D eigenvalue weighted by Gasteiger charge is 2.25. The van der Waals surface area contributed by atoms with Gasteiger partial charge in [-0.1, -0.05) is 26.2 Å². The lowest BCUT2D eigenvalue weighted by molar-refractivity contribution is -0.135. The Hall–Kier alpha value is -0.250. The molecule has 0 rings (SSSR count). The molecule has 0 heterocycles. The molecule has 1 N–H and O–H groups in total. The molecule has 0 spiro atoms. The lowest BCUT2D eigenvalue weighted by Crippen LogP contribution is -2.17. The number of nitrogens with one attached hydrogen (secondary N) is 1. The molecule has 0 aromatic rings. The van der Waals surface area contributed by atoms with Gasteiger partial charge < -0.3 is 5.32 Å². The van der Waals surface area contributed by atoms with Crippen LogP contribution in [0.15, 0.2) is 0 Å². The van der Waals surface area contributed by atoms with Gasteiger partial charge in [0.2, 0.25) is 0 Å². The minimum absolute atomic E-state index is 0.242. The minimum Gasteiger partial charge on any atom is -0.317 e. The molecular weight excluding hydrogens is 203 g/mol. The van der Waals surface area contributed by atoms with Gasteiger partial charge in [0.15, 0.2) is 0 Å². The Bertz CT molecular complexity index is 134. The molecule has 0 aliphatic rings. The van der Waals surface area contributed by atoms with Gasteiger partial charge in [-0.25, -0.2) is 0 Å². The molecular formula is C11H22F3N. The van der Waals surface area contributed by atoms with E-state index in [1.807, 2.05) is 0 Å². The van der Waals surface area contributed by atoms with E-state index < -0.39 is 12.6 Å². The molecule has 0 fully saturated rings. The second-order valence-corrected chi connectivity index (χ2v) is 3.88. The number of hydrogen-bond donors (Lipinski definition) is 1. The van der Waals surface area contributed by atoms with Crippen molar-refractivity contribution in [1.82, 2.24) is 5.32 Å². The first-order valence-electron chi connectivity index (χ1n) is 5.83. The van der Waals surface area contributed by atoms with Crippen LogP contribution >= 0.6 is 0 Å². The zero-order valence-corrected chi connectivity index (χ0v) is 9.50. The van der Waals surface area contributed by atoms with Crippen molar-refractivity contribution in [2.45, 2.75) is 58.0 Å². The van der Waals surface area contributed by atoms with Gasteiger partial charge in [-0.05, 0) is 32.4 Å². The van der Waals surface area contributed by atoms with E-state index in [0.717, 1.165) is 13.0 Å². The Kier molecular flexibility index (Phi) is 8.86. The summed E-state index contributed by atoms with van der Waals surface area (Å²) in [6, 6.07) is 0. The Morgan fingerprint density at radius 3 is 2.00 bits per heavy atom. The van der Waals surface area contributed by atoms with Gasteiger partial charge in [-0.2, -0.15) is 13.2 Å². The van der Waals surface area contributed by atoms with E-state index in [2.05, 4.69) is 12.2 Å². The molecule has 0 atom stereocenters. The van der Waals surface area contributed by atoms with Crippen LogP contribution in [0.2, 0.25) is 0 Å². The topological polar surface area (TPSA) is 12.0 Å². The third kappa shape index (κ3) is 13.8. The zero-order valence-electron chi connectivity index (χ0n) is 9.50. The lowest BCUT2D eigenvalue weighted by atomic mass is 10.2. The van der Waals surface area contributed by atoms with E-state index in [4.69, 9.17) is 0 Å². The fourth-order valence-electron chi connectivity index (χ4n) is 1.38. The standard InChI is InChI=1S/C11H22F3N/c1-2-3-4-6-9-15-10-7-5-8-11(12,13)14/h15H,2-10H2,1H3. The Labute approximate surface area is 90.4 Å². The van der Waals surface area contributed by atoms with Crippen molar-refractivity contribution < 1.29 is 13.2 Å². The van der Waals surface area contributed by atoms with Gasteiger partial charge in [0.1, 0.15) is 0 Å². The van der Waals surface area contributed by atoms with Crippen LogP contribution in [0.5, 0.6) is 0 Å². The zero-order chi connectivity index (χ0) is 11.6. The van der Waals surface area contributed by atoms with Crippen LogP contribution in [0.3, 0.4) is 0 Å². The van der Waals surface area contributed by atoms with Crippen LogP contribution in [-0.2, 0) is 0 Å². The summed E-state index contributed by atoms with van der Waals surface area (Å²) < 4.78 is 35.2. The maximum absolute atomic E-state index is 11.7. The highest BCUT2D eigenvalue weighted by atomic mass is 19.4. The molecule has 0 aromatic heterocycles. The number of hydrogen-bond acceptors (Lipinski definition) is 1. The van der Waals surface area contributed by atoms with Crippen LogP contribution in [0.25, 0.3) is 0 Å². The predicted octanol–water partition coefficient (Wildman–Crippen LogP) is 3.89. The van der Waals surface area contributed by atoms with E-state index >= 15 is 0 Å². The third-order valence-corrected chi connectivity index (χ3v) is 2.27. The van der Waals surface area contributed by atoms with Crippen LogP contribution in [-0.4, -0.2) is 19.3 Å². The summed E-state index contributed by atoms with van der Waals surface area (Å²) in [5.41, 5.74) is 0. The molecule has 4 heteroatoms. The first-order valence-corrected chi connectivity index (χ1v) is 5.83. The van der Waals surface area contributed by atoms with Gasteiger partial charge in [-0.3, -0.25) is 0 Å². The highest BCUT2D eigenvalue weighted by molar-refractivity contribution is 4.54. The summed E-state index contributed by atoms with van der Waals surface area (Å²) in [5, 5.41) is 3.16. The molecule has 0 aliphatic heterocycles. The van der Waals surface area contributed by atoms with Gasteiger partial charge in [0.25, 0.3) is 0 Å². The monoisotopic (exact) mass is 225 g/mol. The minimum atomic E-state index is -3.98. The molecule has 0 radical (unpaired) electrons. The van der Waals surface area contributed by atoms with Crippen molar-refractivity contribution in [3.8, 4) is 0 Å². The second-order valence-electron chi connectivity index (χ2n) is 3.88. The van der Waals surface area contributed by atoms with E-state index in [1.54, 1.807) is 0 Å². The number of halogens is 3. The highest BCUT2D eigenvalue weighted by Crippen LogP contribution is 2.21. The molecule has 0 amide bonds. The first-order chi connectivity index (χ1) is 7.06. The molecule has 0 aliphatic carbocycles. The summed E-state index contributed by atoms with van der Waals surface area (Å²) in [4.78, 5) is 0. The van der Waals surface area contributed by atoms with Crippen molar-refractivity contribution in [3.05, 3.63) is 0 Å². The molecule has 0 bridgehead atoms. The number of alkyl halides is 3. The van der Waals surface area contributed by atoms with E-state index in [1.165, 1.54) is 19.3 Å². The quantitative estimate of drug-likeness (QED) is 0.587. The average molecular weight is 225 g/mol. The van der Waals surface area contributed by atoms with Gasteiger partial charge in [-0.15, -0.1) is 0 Å². The van der Waals surface area contributed by atoms with Gasteiger partial charge >= 0.3 is 6.18 Å². The van der Waals surface area contributed by atoms with Crippen molar-refractivity contribution in [1.29, 1.82) is 0 Å². The van der Waals surface area contributed by atoms with Crippen LogP contribution in [0.4, 0.5) is 13.2 Å². The van der Waals surface area contributed by atoms with Crippen molar-refractivity contribution in [2.75, 3.05) is 13.1 Å². The third-order valence-electron chi connectivity index (χ3n) is 2.27. The summed E-state index contributed by atoms with van der Waals surface area (Å²) in [7, 11) is 0. The van der Waals surface area contributed by atoms with Crippen molar-refractivity contribution in [2.24, 2.45) is 0 Å².